The molecule has 0 fully saturated rings. The molecule has 0 rings (SSSR count). The standard InChI is InChI=1S/C9H21O4P.C7H17O5P/c1-8(2)9(3)7-12-5-6-13-14(4,10)11;1-6(2)7(3)11-4-5-12-13(8,9)10/h8-9H,5-7H2,1-4H3,(H,10,11);6-7H,4-5H2,1-3H3,(H2,8,9,10). The Balaban J connectivity index is 0. The second-order valence-electron chi connectivity index (χ2n) is 7.08. The lowest BCUT2D eigenvalue weighted by atomic mass is 9.99. The van der Waals surface area contributed by atoms with E-state index in [-0.39, 0.29) is 25.9 Å². The lowest BCUT2D eigenvalue weighted by Crippen LogP contribution is -2.17. The molecule has 3 atom stereocenters. The van der Waals surface area contributed by atoms with E-state index in [2.05, 4.69) is 29.8 Å². The highest BCUT2D eigenvalue weighted by Gasteiger charge is 2.14. The van der Waals surface area contributed by atoms with Crippen LogP contribution in [0.2, 0.25) is 0 Å². The van der Waals surface area contributed by atoms with Gasteiger partial charge < -0.3 is 28.7 Å². The fraction of sp³-hybridized carbons (Fsp3) is 1.00. The van der Waals surface area contributed by atoms with E-state index < -0.39 is 15.4 Å². The van der Waals surface area contributed by atoms with Crippen LogP contribution in [-0.4, -0.2) is 60.5 Å². The first-order chi connectivity index (χ1) is 12.2. The average molecular weight is 436 g/mol. The van der Waals surface area contributed by atoms with Gasteiger partial charge >= 0.3 is 15.4 Å². The number of ether oxygens (including phenoxy) is 2. The van der Waals surface area contributed by atoms with Gasteiger partial charge in [-0.25, -0.2) is 4.57 Å². The molecule has 3 unspecified atom stereocenters. The summed E-state index contributed by atoms with van der Waals surface area (Å²) in [6.45, 7) is 14.8. The quantitative estimate of drug-likeness (QED) is 0.294. The van der Waals surface area contributed by atoms with Crippen LogP contribution in [0.5, 0.6) is 0 Å². The Bertz CT molecular complexity index is 445. The van der Waals surface area contributed by atoms with Crippen molar-refractivity contribution in [2.75, 3.05) is 39.7 Å². The summed E-state index contributed by atoms with van der Waals surface area (Å²) in [5, 5.41) is 0. The average Bonchev–Trinajstić information content (AvgIpc) is 2.49. The lowest BCUT2D eigenvalue weighted by Gasteiger charge is -2.16. The van der Waals surface area contributed by atoms with E-state index in [0.717, 1.165) is 0 Å². The van der Waals surface area contributed by atoms with Crippen molar-refractivity contribution in [2.45, 2.75) is 47.6 Å². The fourth-order valence-electron chi connectivity index (χ4n) is 1.31. The van der Waals surface area contributed by atoms with Crippen LogP contribution in [0, 0.1) is 17.8 Å². The summed E-state index contributed by atoms with van der Waals surface area (Å²) in [4.78, 5) is 25.4. The zero-order valence-electron chi connectivity index (χ0n) is 17.5. The van der Waals surface area contributed by atoms with Gasteiger partial charge in [0.1, 0.15) is 0 Å². The van der Waals surface area contributed by atoms with Crippen molar-refractivity contribution in [3.05, 3.63) is 0 Å². The predicted octanol–water partition coefficient (Wildman–Crippen LogP) is 3.28. The fourth-order valence-corrected chi connectivity index (χ4v) is 2.04. The maximum absolute atomic E-state index is 10.7. The Labute approximate surface area is 163 Å². The Morgan fingerprint density at radius 1 is 0.778 bits per heavy atom. The first kappa shape index (κ1) is 29.4. The molecule has 11 heteroatoms. The highest BCUT2D eigenvalue weighted by atomic mass is 31.2. The van der Waals surface area contributed by atoms with E-state index >= 15 is 0 Å². The molecule has 0 aromatic rings. The van der Waals surface area contributed by atoms with Gasteiger partial charge in [0.25, 0.3) is 0 Å². The predicted molar refractivity (Wildman–Crippen MR) is 105 cm³/mol. The third-order valence-corrected chi connectivity index (χ3v) is 4.92. The SMILES string of the molecule is CC(C)C(C)COCCOP(C)(=O)O.CC(C)C(C)OCCOP(=O)(O)O. The van der Waals surface area contributed by atoms with Crippen LogP contribution < -0.4 is 0 Å². The van der Waals surface area contributed by atoms with Crippen molar-refractivity contribution in [3.63, 3.8) is 0 Å². The Morgan fingerprint density at radius 2 is 1.30 bits per heavy atom. The summed E-state index contributed by atoms with van der Waals surface area (Å²) in [6.07, 6.45) is 0.0698. The number of phosphoric acid groups is 1. The van der Waals surface area contributed by atoms with Crippen LogP contribution in [0.25, 0.3) is 0 Å². The number of hydrogen-bond acceptors (Lipinski definition) is 6. The van der Waals surface area contributed by atoms with Gasteiger partial charge in [0.15, 0.2) is 0 Å². The maximum Gasteiger partial charge on any atom is 0.469 e. The summed E-state index contributed by atoms with van der Waals surface area (Å²) >= 11 is 0. The molecule has 0 heterocycles. The monoisotopic (exact) mass is 436 g/mol. The van der Waals surface area contributed by atoms with Gasteiger partial charge in [-0.05, 0) is 24.7 Å². The van der Waals surface area contributed by atoms with Crippen molar-refractivity contribution in [1.29, 1.82) is 0 Å². The molecule has 0 bridgehead atoms. The second-order valence-corrected chi connectivity index (χ2v) is 10.2. The summed E-state index contributed by atoms with van der Waals surface area (Å²) in [6, 6.07) is 0. The zero-order chi connectivity index (χ0) is 21.7. The second kappa shape index (κ2) is 15.1. The number of phosphoric ester groups is 1. The highest BCUT2D eigenvalue weighted by molar-refractivity contribution is 7.51. The lowest BCUT2D eigenvalue weighted by molar-refractivity contribution is 0.0138. The normalized spacial score (nSPS) is 16.6. The van der Waals surface area contributed by atoms with Gasteiger partial charge in [-0.2, -0.15) is 0 Å². The molecule has 0 aromatic carbocycles. The van der Waals surface area contributed by atoms with Gasteiger partial charge in [0.05, 0.1) is 32.5 Å². The van der Waals surface area contributed by atoms with Gasteiger partial charge in [0, 0.05) is 13.3 Å². The molecule has 0 aliphatic rings. The molecule has 0 aromatic heterocycles. The maximum atomic E-state index is 10.7. The molecule has 3 N–H and O–H groups in total. The molecular weight excluding hydrogens is 398 g/mol. The molecular formula is C16H38O9P2. The summed E-state index contributed by atoms with van der Waals surface area (Å²) in [7, 11) is -7.66. The van der Waals surface area contributed by atoms with E-state index in [9.17, 15) is 9.13 Å². The van der Waals surface area contributed by atoms with E-state index in [1.807, 2.05) is 20.8 Å². The van der Waals surface area contributed by atoms with Crippen LogP contribution in [-0.2, 0) is 27.7 Å². The van der Waals surface area contributed by atoms with Crippen molar-refractivity contribution < 1.29 is 42.3 Å². The molecule has 166 valence electrons. The molecule has 9 nitrogen and oxygen atoms in total. The molecule has 0 aliphatic heterocycles. The van der Waals surface area contributed by atoms with Crippen molar-refractivity contribution in [1.82, 2.24) is 0 Å². The molecule has 27 heavy (non-hydrogen) atoms. The first-order valence-corrected chi connectivity index (χ1v) is 12.6. The minimum Gasteiger partial charge on any atom is -0.379 e. The number of rotatable bonds is 13. The van der Waals surface area contributed by atoms with Gasteiger partial charge in [0.2, 0.25) is 0 Å². The van der Waals surface area contributed by atoms with E-state index in [1.165, 1.54) is 6.66 Å². The van der Waals surface area contributed by atoms with Crippen LogP contribution >= 0.6 is 15.4 Å². The van der Waals surface area contributed by atoms with E-state index in [0.29, 0.717) is 31.0 Å². The Morgan fingerprint density at radius 3 is 1.70 bits per heavy atom. The highest BCUT2D eigenvalue weighted by Crippen LogP contribution is 2.36. The molecule has 0 saturated heterocycles. The summed E-state index contributed by atoms with van der Waals surface area (Å²) in [5.74, 6) is 1.47. The minimum absolute atomic E-state index is 0.0698. The largest absolute Gasteiger partial charge is 0.469 e. The zero-order valence-corrected chi connectivity index (χ0v) is 19.3. The van der Waals surface area contributed by atoms with Gasteiger partial charge in [-0.1, -0.05) is 34.6 Å². The van der Waals surface area contributed by atoms with E-state index in [1.54, 1.807) is 0 Å². The van der Waals surface area contributed by atoms with Crippen LogP contribution in [0.4, 0.5) is 0 Å². The van der Waals surface area contributed by atoms with Crippen molar-refractivity contribution in [3.8, 4) is 0 Å². The molecule has 0 saturated carbocycles. The third kappa shape index (κ3) is 24.1. The first-order valence-electron chi connectivity index (χ1n) is 9.00. The molecule has 0 spiro atoms. The van der Waals surface area contributed by atoms with E-state index in [4.69, 9.17) is 24.2 Å². The minimum atomic E-state index is -4.33. The van der Waals surface area contributed by atoms with Crippen LogP contribution in [0.3, 0.4) is 0 Å². The third-order valence-electron chi connectivity index (χ3n) is 3.74. The molecule has 0 amide bonds. The smallest absolute Gasteiger partial charge is 0.379 e. The summed E-state index contributed by atoms with van der Waals surface area (Å²) in [5.41, 5.74) is 0. The molecule has 0 aliphatic carbocycles. The van der Waals surface area contributed by atoms with Gasteiger partial charge in [-0.3, -0.25) is 9.09 Å². The number of hydrogen-bond donors (Lipinski definition) is 3. The Hall–Kier alpha value is 0.180. The topological polar surface area (TPSA) is 132 Å². The summed E-state index contributed by atoms with van der Waals surface area (Å²) < 4.78 is 40.3. The van der Waals surface area contributed by atoms with Crippen LogP contribution in [0.1, 0.15) is 41.5 Å². The Kier molecular flexibility index (Phi) is 16.4. The van der Waals surface area contributed by atoms with Gasteiger partial charge in [-0.15, -0.1) is 0 Å². The van der Waals surface area contributed by atoms with Crippen molar-refractivity contribution in [2.24, 2.45) is 17.8 Å². The van der Waals surface area contributed by atoms with Crippen LogP contribution in [0.15, 0.2) is 0 Å². The van der Waals surface area contributed by atoms with Crippen molar-refractivity contribution >= 4 is 15.4 Å². The molecule has 0 radical (unpaired) electrons.